The molecule has 0 amide bonds. The lowest BCUT2D eigenvalue weighted by molar-refractivity contribution is 0.0113. The van der Waals surface area contributed by atoms with Gasteiger partial charge in [-0.15, -0.1) is 11.8 Å². The van der Waals surface area contributed by atoms with Crippen LogP contribution in [0.15, 0.2) is 6.33 Å². The predicted octanol–water partition coefficient (Wildman–Crippen LogP) is -0.610. The molecule has 0 aromatic carbocycles. The van der Waals surface area contributed by atoms with Gasteiger partial charge in [-0.2, -0.15) is 9.97 Å². The third-order valence-electron chi connectivity index (χ3n) is 3.21. The van der Waals surface area contributed by atoms with E-state index in [-0.39, 0.29) is 17.7 Å². The molecular formula is C10H12ClN5O3S. The van der Waals surface area contributed by atoms with E-state index in [4.69, 9.17) is 17.3 Å². The van der Waals surface area contributed by atoms with Crippen molar-refractivity contribution >= 4 is 40.3 Å². The third-order valence-corrected chi connectivity index (χ3v) is 4.94. The lowest BCUT2D eigenvalue weighted by Gasteiger charge is -2.17. The standard InChI is InChI=1S/C10H12ClN5O3S/c11-10-14-7(12)4-8(15-10)16(2-13-4)9-6(19)5(18)3(1-17)20-9/h2-3,5-6,9,17-19H,1H2,(H2,12,14,15)/t3-,5-,6+,9-/m0/s1. The van der Waals surface area contributed by atoms with Gasteiger partial charge in [0.05, 0.1) is 24.3 Å². The summed E-state index contributed by atoms with van der Waals surface area (Å²) in [4.78, 5) is 12.0. The summed E-state index contributed by atoms with van der Waals surface area (Å²) in [7, 11) is 0. The van der Waals surface area contributed by atoms with E-state index in [0.717, 1.165) is 0 Å². The minimum Gasteiger partial charge on any atom is -0.395 e. The zero-order valence-electron chi connectivity index (χ0n) is 10.1. The average molecular weight is 318 g/mol. The van der Waals surface area contributed by atoms with Crippen LogP contribution in [-0.4, -0.2) is 58.9 Å². The molecule has 2 aromatic rings. The van der Waals surface area contributed by atoms with Crippen LogP contribution in [0.3, 0.4) is 0 Å². The number of hydrogen-bond acceptors (Lipinski definition) is 8. The number of halogens is 1. The Morgan fingerprint density at radius 2 is 2.10 bits per heavy atom. The number of fused-ring (bicyclic) bond motifs is 1. The Labute approximate surface area is 122 Å². The number of nitrogens with zero attached hydrogens (tertiary/aromatic N) is 4. The Bertz CT molecular complexity index is 653. The van der Waals surface area contributed by atoms with E-state index in [9.17, 15) is 15.3 Å². The third kappa shape index (κ3) is 2.02. The van der Waals surface area contributed by atoms with Crippen LogP contribution < -0.4 is 5.73 Å². The van der Waals surface area contributed by atoms with E-state index in [1.807, 2.05) is 0 Å². The highest BCUT2D eigenvalue weighted by Crippen LogP contribution is 2.42. The molecule has 8 nitrogen and oxygen atoms in total. The summed E-state index contributed by atoms with van der Waals surface area (Å²) in [6.45, 7) is -0.232. The smallest absolute Gasteiger partial charge is 0.226 e. The molecule has 4 atom stereocenters. The van der Waals surface area contributed by atoms with Crippen molar-refractivity contribution in [1.29, 1.82) is 0 Å². The molecule has 0 spiro atoms. The number of rotatable bonds is 2. The van der Waals surface area contributed by atoms with E-state index in [1.54, 1.807) is 4.57 Å². The van der Waals surface area contributed by atoms with E-state index in [0.29, 0.717) is 11.2 Å². The molecule has 1 saturated heterocycles. The summed E-state index contributed by atoms with van der Waals surface area (Å²) >= 11 is 7.02. The molecule has 1 aliphatic rings. The molecular weight excluding hydrogens is 306 g/mol. The lowest BCUT2D eigenvalue weighted by Crippen LogP contribution is -2.32. The van der Waals surface area contributed by atoms with Gasteiger partial charge < -0.3 is 21.1 Å². The van der Waals surface area contributed by atoms with Gasteiger partial charge in [0.15, 0.2) is 11.5 Å². The van der Waals surface area contributed by atoms with Gasteiger partial charge in [0.2, 0.25) is 5.28 Å². The summed E-state index contributed by atoms with van der Waals surface area (Å²) in [5.41, 5.74) is 6.47. The number of imidazole rings is 1. The zero-order chi connectivity index (χ0) is 14.4. The van der Waals surface area contributed by atoms with Gasteiger partial charge in [-0.1, -0.05) is 0 Å². The number of thioether (sulfide) groups is 1. The normalized spacial score (nSPS) is 30.2. The van der Waals surface area contributed by atoms with E-state index in [2.05, 4.69) is 15.0 Å². The molecule has 20 heavy (non-hydrogen) atoms. The summed E-state index contributed by atoms with van der Waals surface area (Å²) in [5.74, 6) is 0.149. The molecule has 3 heterocycles. The molecule has 1 fully saturated rings. The largest absolute Gasteiger partial charge is 0.395 e. The van der Waals surface area contributed by atoms with E-state index >= 15 is 0 Å². The van der Waals surface area contributed by atoms with Gasteiger partial charge in [-0.3, -0.25) is 4.57 Å². The van der Waals surface area contributed by atoms with Crippen LogP contribution in [-0.2, 0) is 0 Å². The van der Waals surface area contributed by atoms with Crippen LogP contribution in [0.5, 0.6) is 0 Å². The van der Waals surface area contributed by atoms with Crippen molar-refractivity contribution in [2.75, 3.05) is 12.3 Å². The Morgan fingerprint density at radius 3 is 2.75 bits per heavy atom. The second kappa shape index (κ2) is 5.01. The average Bonchev–Trinajstić information content (AvgIpc) is 2.93. The van der Waals surface area contributed by atoms with Crippen molar-refractivity contribution in [2.24, 2.45) is 0 Å². The molecule has 10 heteroatoms. The van der Waals surface area contributed by atoms with Gasteiger partial charge in [0.25, 0.3) is 0 Å². The van der Waals surface area contributed by atoms with Gasteiger partial charge in [0.1, 0.15) is 17.0 Å². The number of aromatic nitrogens is 4. The zero-order valence-corrected chi connectivity index (χ0v) is 11.7. The van der Waals surface area contributed by atoms with Crippen molar-refractivity contribution in [3.63, 3.8) is 0 Å². The highest BCUT2D eigenvalue weighted by atomic mass is 35.5. The first-order valence-electron chi connectivity index (χ1n) is 5.81. The van der Waals surface area contributed by atoms with Crippen molar-refractivity contribution in [3.05, 3.63) is 11.6 Å². The van der Waals surface area contributed by atoms with Crippen LogP contribution in [0.2, 0.25) is 5.28 Å². The Kier molecular flexibility index (Phi) is 3.46. The van der Waals surface area contributed by atoms with E-state index < -0.39 is 22.8 Å². The fourth-order valence-corrected chi connectivity index (χ4v) is 3.75. The molecule has 0 aliphatic carbocycles. The molecule has 1 aliphatic heterocycles. The topological polar surface area (TPSA) is 130 Å². The fraction of sp³-hybridized carbons (Fsp3) is 0.500. The maximum absolute atomic E-state index is 10.1. The number of hydrogen-bond donors (Lipinski definition) is 4. The molecule has 5 N–H and O–H groups in total. The van der Waals surface area contributed by atoms with Crippen LogP contribution in [0, 0.1) is 0 Å². The van der Waals surface area contributed by atoms with Crippen molar-refractivity contribution < 1.29 is 15.3 Å². The molecule has 0 unspecified atom stereocenters. The van der Waals surface area contributed by atoms with Crippen molar-refractivity contribution in [1.82, 2.24) is 19.5 Å². The molecule has 2 aromatic heterocycles. The molecule has 3 rings (SSSR count). The Morgan fingerprint density at radius 1 is 1.35 bits per heavy atom. The maximum Gasteiger partial charge on any atom is 0.226 e. The van der Waals surface area contributed by atoms with Crippen LogP contribution in [0.25, 0.3) is 11.2 Å². The van der Waals surface area contributed by atoms with Gasteiger partial charge >= 0.3 is 0 Å². The highest BCUT2D eigenvalue weighted by Gasteiger charge is 2.43. The first kappa shape index (κ1) is 13.8. The fourth-order valence-electron chi connectivity index (χ4n) is 2.21. The van der Waals surface area contributed by atoms with Crippen molar-refractivity contribution in [3.8, 4) is 0 Å². The minimum atomic E-state index is -1.05. The number of aliphatic hydroxyl groups is 3. The monoisotopic (exact) mass is 317 g/mol. The molecule has 0 saturated carbocycles. The highest BCUT2D eigenvalue weighted by molar-refractivity contribution is 8.00. The first-order chi connectivity index (χ1) is 9.52. The lowest BCUT2D eigenvalue weighted by atomic mass is 10.1. The van der Waals surface area contributed by atoms with E-state index in [1.165, 1.54) is 18.1 Å². The summed E-state index contributed by atoms with van der Waals surface area (Å²) in [6, 6.07) is 0. The first-order valence-corrected chi connectivity index (χ1v) is 7.13. The Hall–Kier alpha value is -1.13. The number of anilines is 1. The van der Waals surface area contributed by atoms with Gasteiger partial charge in [-0.25, -0.2) is 4.98 Å². The van der Waals surface area contributed by atoms with Crippen LogP contribution in [0.4, 0.5) is 5.82 Å². The second-order valence-electron chi connectivity index (χ2n) is 4.43. The Balaban J connectivity index is 2.07. The van der Waals surface area contributed by atoms with Gasteiger partial charge in [0, 0.05) is 0 Å². The summed E-state index contributed by atoms with van der Waals surface area (Å²) in [6.07, 6.45) is -0.619. The molecule has 108 valence electrons. The summed E-state index contributed by atoms with van der Waals surface area (Å²) < 4.78 is 1.58. The van der Waals surface area contributed by atoms with Crippen LogP contribution >= 0.6 is 23.4 Å². The summed E-state index contributed by atoms with van der Waals surface area (Å²) in [5, 5.41) is 28.1. The maximum atomic E-state index is 10.1. The van der Waals surface area contributed by atoms with Crippen LogP contribution in [0.1, 0.15) is 5.37 Å². The second-order valence-corrected chi connectivity index (χ2v) is 6.13. The number of nitrogens with two attached hydrogens (primary N) is 1. The number of nitrogen functional groups attached to an aromatic ring is 1. The predicted molar refractivity (Wildman–Crippen MR) is 74.3 cm³/mol. The van der Waals surface area contributed by atoms with Gasteiger partial charge in [-0.05, 0) is 11.6 Å². The molecule has 0 radical (unpaired) electrons. The minimum absolute atomic E-state index is 0.0199. The quantitative estimate of drug-likeness (QED) is 0.540. The SMILES string of the molecule is Nc1nc(Cl)nc2c1ncn2[C@H]1S[C@@H](CO)[C@H](O)[C@H]1O. The number of aliphatic hydroxyl groups excluding tert-OH is 3. The molecule has 0 bridgehead atoms. The van der Waals surface area contributed by atoms with Crippen molar-refractivity contribution in [2.45, 2.75) is 22.8 Å².